The lowest BCUT2D eigenvalue weighted by Gasteiger charge is -2.33. The van der Waals surface area contributed by atoms with Gasteiger partial charge in [0.1, 0.15) is 5.76 Å². The van der Waals surface area contributed by atoms with Crippen LogP contribution in [0.4, 0.5) is 13.2 Å². The number of alkyl halides is 3. The largest absolute Gasteiger partial charge is 0.453 e. The first-order valence-electron chi connectivity index (χ1n) is 6.01. The zero-order valence-electron chi connectivity index (χ0n) is 9.77. The predicted molar refractivity (Wildman–Crippen MR) is 65.0 cm³/mol. The van der Waals surface area contributed by atoms with Crippen molar-refractivity contribution < 1.29 is 17.6 Å². The molecule has 1 saturated carbocycles. The average molecular weight is 326 g/mol. The molecule has 1 aliphatic rings. The zero-order chi connectivity index (χ0) is 13.2. The van der Waals surface area contributed by atoms with E-state index < -0.39 is 18.1 Å². The highest BCUT2D eigenvalue weighted by atomic mass is 79.9. The van der Waals surface area contributed by atoms with Gasteiger partial charge in [-0.15, -0.1) is 0 Å². The van der Waals surface area contributed by atoms with E-state index in [2.05, 4.69) is 21.2 Å². The molecule has 0 amide bonds. The highest BCUT2D eigenvalue weighted by molar-refractivity contribution is 9.10. The van der Waals surface area contributed by atoms with Crippen molar-refractivity contribution in [2.75, 3.05) is 0 Å². The summed E-state index contributed by atoms with van der Waals surface area (Å²) in [6.07, 6.45) is -1.79. The molecule has 1 aromatic rings. The van der Waals surface area contributed by atoms with Crippen molar-refractivity contribution in [2.24, 2.45) is 5.92 Å². The molecule has 1 N–H and O–H groups in total. The van der Waals surface area contributed by atoms with Crippen LogP contribution in [0.3, 0.4) is 0 Å². The number of halogens is 4. The number of rotatable bonds is 3. The van der Waals surface area contributed by atoms with E-state index >= 15 is 0 Å². The van der Waals surface area contributed by atoms with Gasteiger partial charge in [0.25, 0.3) is 0 Å². The first-order valence-corrected chi connectivity index (χ1v) is 6.80. The standard InChI is InChI=1S/C12H15BrF3NO/c13-11-6-5-8(18-11)7-17-10-4-2-1-3-9(10)12(14,15)16/h5-6,9-10,17H,1-4,7H2. The van der Waals surface area contributed by atoms with E-state index in [1.165, 1.54) is 0 Å². The Morgan fingerprint density at radius 2 is 2.00 bits per heavy atom. The lowest BCUT2D eigenvalue weighted by Crippen LogP contribution is -2.45. The van der Waals surface area contributed by atoms with Gasteiger partial charge in [0.2, 0.25) is 0 Å². The normalized spacial score (nSPS) is 25.3. The van der Waals surface area contributed by atoms with Gasteiger partial charge in [0.05, 0.1) is 12.5 Å². The van der Waals surface area contributed by atoms with E-state index in [-0.39, 0.29) is 6.42 Å². The molecule has 1 aromatic heterocycles. The van der Waals surface area contributed by atoms with Crippen LogP contribution >= 0.6 is 15.9 Å². The molecule has 2 rings (SSSR count). The number of furan rings is 1. The fourth-order valence-corrected chi connectivity index (χ4v) is 2.79. The average Bonchev–Trinajstić information content (AvgIpc) is 2.72. The van der Waals surface area contributed by atoms with Crippen LogP contribution in [0, 0.1) is 5.92 Å². The van der Waals surface area contributed by atoms with Crippen LogP contribution in [-0.2, 0) is 6.54 Å². The maximum absolute atomic E-state index is 12.9. The van der Waals surface area contributed by atoms with Crippen molar-refractivity contribution in [2.45, 2.75) is 44.4 Å². The molecule has 2 atom stereocenters. The minimum absolute atomic E-state index is 0.225. The molecular formula is C12H15BrF3NO. The van der Waals surface area contributed by atoms with E-state index in [4.69, 9.17) is 4.42 Å². The van der Waals surface area contributed by atoms with Crippen LogP contribution in [-0.4, -0.2) is 12.2 Å². The minimum atomic E-state index is -4.11. The maximum Gasteiger partial charge on any atom is 0.393 e. The first kappa shape index (κ1) is 13.9. The summed E-state index contributed by atoms with van der Waals surface area (Å²) in [5.41, 5.74) is 0. The second kappa shape index (κ2) is 5.65. The van der Waals surface area contributed by atoms with Crippen molar-refractivity contribution in [1.82, 2.24) is 5.32 Å². The monoisotopic (exact) mass is 325 g/mol. The van der Waals surface area contributed by atoms with Gasteiger partial charge in [-0.25, -0.2) is 0 Å². The van der Waals surface area contributed by atoms with Crippen LogP contribution in [0.25, 0.3) is 0 Å². The summed E-state index contributed by atoms with van der Waals surface area (Å²) in [5, 5.41) is 2.97. The summed E-state index contributed by atoms with van der Waals surface area (Å²) in [7, 11) is 0. The third kappa shape index (κ3) is 3.51. The summed E-state index contributed by atoms with van der Waals surface area (Å²) in [6.45, 7) is 0.336. The van der Waals surface area contributed by atoms with Crippen LogP contribution in [0.15, 0.2) is 21.2 Å². The Morgan fingerprint density at radius 1 is 1.28 bits per heavy atom. The van der Waals surface area contributed by atoms with Crippen LogP contribution in [0.2, 0.25) is 0 Å². The molecule has 18 heavy (non-hydrogen) atoms. The fourth-order valence-electron chi connectivity index (χ4n) is 2.45. The number of nitrogens with one attached hydrogen (secondary N) is 1. The Kier molecular flexibility index (Phi) is 4.37. The highest BCUT2D eigenvalue weighted by Gasteiger charge is 2.45. The number of hydrogen-bond donors (Lipinski definition) is 1. The van der Waals surface area contributed by atoms with Gasteiger partial charge in [0.15, 0.2) is 4.67 Å². The Morgan fingerprint density at radius 3 is 2.61 bits per heavy atom. The quantitative estimate of drug-likeness (QED) is 0.898. The van der Waals surface area contributed by atoms with Crippen molar-refractivity contribution >= 4 is 15.9 Å². The minimum Gasteiger partial charge on any atom is -0.453 e. The number of hydrogen-bond acceptors (Lipinski definition) is 2. The summed E-state index contributed by atoms with van der Waals surface area (Å²) in [6, 6.07) is 2.99. The van der Waals surface area contributed by atoms with Gasteiger partial charge in [0, 0.05) is 6.04 Å². The molecule has 1 heterocycles. The molecule has 0 aliphatic heterocycles. The van der Waals surface area contributed by atoms with Gasteiger partial charge in [-0.1, -0.05) is 12.8 Å². The smallest absolute Gasteiger partial charge is 0.393 e. The van der Waals surface area contributed by atoms with Crippen molar-refractivity contribution in [3.05, 3.63) is 22.6 Å². The molecule has 0 aromatic carbocycles. The van der Waals surface area contributed by atoms with Crippen LogP contribution in [0.5, 0.6) is 0 Å². The third-order valence-electron chi connectivity index (χ3n) is 3.35. The van der Waals surface area contributed by atoms with E-state index in [1.54, 1.807) is 12.1 Å². The van der Waals surface area contributed by atoms with E-state index in [0.717, 1.165) is 6.42 Å². The van der Waals surface area contributed by atoms with E-state index in [9.17, 15) is 13.2 Å². The van der Waals surface area contributed by atoms with Crippen LogP contribution in [0.1, 0.15) is 31.4 Å². The Bertz CT molecular complexity index is 391. The third-order valence-corrected chi connectivity index (χ3v) is 3.78. The lowest BCUT2D eigenvalue weighted by atomic mass is 9.84. The topological polar surface area (TPSA) is 25.2 Å². The zero-order valence-corrected chi connectivity index (χ0v) is 11.4. The summed E-state index contributed by atoms with van der Waals surface area (Å²) < 4.78 is 44.4. The SMILES string of the molecule is FC(F)(F)C1CCCCC1NCc1ccc(Br)o1. The summed E-state index contributed by atoms with van der Waals surface area (Å²) >= 11 is 3.17. The molecule has 102 valence electrons. The highest BCUT2D eigenvalue weighted by Crippen LogP contribution is 2.37. The Hall–Kier alpha value is -0.490. The summed E-state index contributed by atoms with van der Waals surface area (Å²) in [4.78, 5) is 0. The lowest BCUT2D eigenvalue weighted by molar-refractivity contribution is -0.189. The first-order chi connectivity index (χ1) is 8.47. The van der Waals surface area contributed by atoms with Gasteiger partial charge >= 0.3 is 6.18 Å². The molecular weight excluding hydrogens is 311 g/mol. The van der Waals surface area contributed by atoms with Crippen molar-refractivity contribution in [3.63, 3.8) is 0 Å². The maximum atomic E-state index is 12.9. The molecule has 2 nitrogen and oxygen atoms in total. The second-order valence-electron chi connectivity index (χ2n) is 4.63. The van der Waals surface area contributed by atoms with Gasteiger partial charge in [-0.2, -0.15) is 13.2 Å². The molecule has 6 heteroatoms. The van der Waals surface area contributed by atoms with Gasteiger partial charge in [-0.3, -0.25) is 0 Å². The molecule has 0 bridgehead atoms. The molecule has 1 fully saturated rings. The van der Waals surface area contributed by atoms with Gasteiger partial charge in [-0.05, 0) is 40.9 Å². The predicted octanol–water partition coefficient (Wildman–Crippen LogP) is 4.25. The molecule has 0 saturated heterocycles. The van der Waals surface area contributed by atoms with E-state index in [0.29, 0.717) is 29.8 Å². The Labute approximate surface area is 112 Å². The van der Waals surface area contributed by atoms with Crippen molar-refractivity contribution in [3.8, 4) is 0 Å². The fraction of sp³-hybridized carbons (Fsp3) is 0.667. The Balaban J connectivity index is 1.93. The molecule has 1 aliphatic carbocycles. The van der Waals surface area contributed by atoms with Crippen molar-refractivity contribution in [1.29, 1.82) is 0 Å². The van der Waals surface area contributed by atoms with Gasteiger partial charge < -0.3 is 9.73 Å². The molecule has 0 radical (unpaired) electrons. The summed E-state index contributed by atoms with van der Waals surface area (Å²) in [5.74, 6) is -0.585. The molecule has 0 spiro atoms. The van der Waals surface area contributed by atoms with Crippen LogP contribution < -0.4 is 5.32 Å². The van der Waals surface area contributed by atoms with E-state index in [1.807, 2.05) is 0 Å². The second-order valence-corrected chi connectivity index (χ2v) is 5.41. The molecule has 2 unspecified atom stereocenters.